The Labute approximate surface area is 124 Å². The Morgan fingerprint density at radius 2 is 2.20 bits per heavy atom. The summed E-state index contributed by atoms with van der Waals surface area (Å²) in [6, 6.07) is 5.40. The van der Waals surface area contributed by atoms with Crippen LogP contribution in [0.4, 0.5) is 0 Å². The number of Topliss-reactive ketones (excluding diaryl/α,β-unsaturated/α-hetero) is 2. The second-order valence-corrected chi connectivity index (χ2v) is 6.01. The highest BCUT2D eigenvalue weighted by atomic mass is 35.5. The van der Waals surface area contributed by atoms with Gasteiger partial charge in [-0.05, 0) is 55.4 Å². The quantitative estimate of drug-likeness (QED) is 0.877. The molecular formula is C16H20ClNO2. The van der Waals surface area contributed by atoms with Gasteiger partial charge < -0.3 is 5.73 Å². The van der Waals surface area contributed by atoms with E-state index < -0.39 is 6.04 Å². The summed E-state index contributed by atoms with van der Waals surface area (Å²) >= 11 is 5.98. The summed E-state index contributed by atoms with van der Waals surface area (Å²) < 4.78 is 0. The Balaban J connectivity index is 1.89. The summed E-state index contributed by atoms with van der Waals surface area (Å²) in [5, 5.41) is 0.753. The number of carbonyl (C=O) groups is 2. The number of benzene rings is 1. The number of carbonyl (C=O) groups excluding carboxylic acids is 2. The summed E-state index contributed by atoms with van der Waals surface area (Å²) in [6.07, 6.45) is 3.37. The largest absolute Gasteiger partial charge is 0.322 e. The van der Waals surface area contributed by atoms with Crippen LogP contribution in [-0.2, 0) is 16.0 Å². The van der Waals surface area contributed by atoms with Crippen molar-refractivity contribution >= 4 is 23.2 Å². The number of ketones is 2. The minimum atomic E-state index is -0.506. The predicted octanol–water partition coefficient (Wildman–Crippen LogP) is 3.03. The van der Waals surface area contributed by atoms with Gasteiger partial charge in [0.2, 0.25) is 0 Å². The highest BCUT2D eigenvalue weighted by Gasteiger charge is 2.24. The first-order chi connectivity index (χ1) is 9.47. The second kappa shape index (κ2) is 6.51. The molecule has 0 radical (unpaired) electrons. The molecule has 0 heterocycles. The second-order valence-electron chi connectivity index (χ2n) is 5.58. The number of aryl methyl sites for hydroxylation is 1. The van der Waals surface area contributed by atoms with Gasteiger partial charge in [0.1, 0.15) is 11.6 Å². The number of fused-ring (bicyclic) bond motifs is 1. The molecule has 0 spiro atoms. The Morgan fingerprint density at radius 3 is 2.90 bits per heavy atom. The van der Waals surface area contributed by atoms with Crippen LogP contribution in [0, 0.1) is 0 Å². The van der Waals surface area contributed by atoms with Crippen molar-refractivity contribution in [3.63, 3.8) is 0 Å². The van der Waals surface area contributed by atoms with Crippen molar-refractivity contribution in [3.8, 4) is 0 Å². The van der Waals surface area contributed by atoms with E-state index in [1.54, 1.807) is 0 Å². The van der Waals surface area contributed by atoms with Gasteiger partial charge in [0.05, 0.1) is 6.04 Å². The Bertz CT molecular complexity index is 527. The Kier molecular flexibility index (Phi) is 4.95. The van der Waals surface area contributed by atoms with Gasteiger partial charge in [-0.15, -0.1) is 0 Å². The molecule has 1 aromatic rings. The lowest BCUT2D eigenvalue weighted by Gasteiger charge is -2.12. The summed E-state index contributed by atoms with van der Waals surface area (Å²) in [5.41, 5.74) is 8.16. The van der Waals surface area contributed by atoms with E-state index in [-0.39, 0.29) is 11.6 Å². The van der Waals surface area contributed by atoms with Crippen LogP contribution in [0.15, 0.2) is 18.2 Å². The fourth-order valence-electron chi connectivity index (χ4n) is 2.78. The minimum Gasteiger partial charge on any atom is -0.322 e. The fraction of sp³-hybridized carbons (Fsp3) is 0.500. The van der Waals surface area contributed by atoms with Gasteiger partial charge in [0.25, 0.3) is 0 Å². The third-order valence-corrected chi connectivity index (χ3v) is 4.27. The first kappa shape index (κ1) is 15.2. The lowest BCUT2D eigenvalue weighted by Crippen LogP contribution is -2.28. The SMILES string of the molecule is CC(=O)[C@@H](N)CCC(=O)C[C@@H]1CCc2cc(Cl)ccc21. The zero-order valence-corrected chi connectivity index (χ0v) is 12.5. The van der Waals surface area contributed by atoms with E-state index in [2.05, 4.69) is 0 Å². The number of hydrogen-bond donors (Lipinski definition) is 1. The molecule has 0 fully saturated rings. The Morgan fingerprint density at radius 1 is 1.45 bits per heavy atom. The Hall–Kier alpha value is -1.19. The standard InChI is InChI=1S/C16H20ClNO2/c1-10(19)16(18)7-5-14(20)9-12-3-2-11-8-13(17)4-6-15(11)12/h4,6,8,12,16H,2-3,5,7,9,18H2,1H3/t12-,16-/m0/s1. The zero-order valence-electron chi connectivity index (χ0n) is 11.7. The van der Waals surface area contributed by atoms with Gasteiger partial charge in [0.15, 0.2) is 0 Å². The van der Waals surface area contributed by atoms with E-state index in [9.17, 15) is 9.59 Å². The summed E-state index contributed by atoms with van der Waals surface area (Å²) in [6.45, 7) is 1.46. The maximum Gasteiger partial charge on any atom is 0.146 e. The molecule has 0 unspecified atom stereocenters. The van der Waals surface area contributed by atoms with Crippen LogP contribution in [-0.4, -0.2) is 17.6 Å². The predicted molar refractivity (Wildman–Crippen MR) is 80.0 cm³/mol. The molecule has 108 valence electrons. The van der Waals surface area contributed by atoms with Gasteiger partial charge in [-0.3, -0.25) is 9.59 Å². The van der Waals surface area contributed by atoms with E-state index in [0.29, 0.717) is 25.2 Å². The number of hydrogen-bond acceptors (Lipinski definition) is 3. The van der Waals surface area contributed by atoms with E-state index >= 15 is 0 Å². The van der Waals surface area contributed by atoms with Crippen LogP contribution < -0.4 is 5.73 Å². The van der Waals surface area contributed by atoms with Crippen LogP contribution in [0.1, 0.15) is 49.7 Å². The van der Waals surface area contributed by atoms with E-state index in [0.717, 1.165) is 17.9 Å². The summed E-state index contributed by atoms with van der Waals surface area (Å²) in [4.78, 5) is 23.1. The molecule has 20 heavy (non-hydrogen) atoms. The normalized spacial score (nSPS) is 18.6. The average Bonchev–Trinajstić information content (AvgIpc) is 2.78. The molecule has 0 amide bonds. The van der Waals surface area contributed by atoms with Crippen molar-refractivity contribution < 1.29 is 9.59 Å². The molecule has 2 atom stereocenters. The fourth-order valence-corrected chi connectivity index (χ4v) is 2.98. The van der Waals surface area contributed by atoms with Crippen molar-refractivity contribution in [1.82, 2.24) is 0 Å². The van der Waals surface area contributed by atoms with Crippen LogP contribution in [0.3, 0.4) is 0 Å². The number of nitrogens with two attached hydrogens (primary N) is 1. The monoisotopic (exact) mass is 293 g/mol. The molecule has 1 aromatic carbocycles. The summed E-state index contributed by atoms with van der Waals surface area (Å²) in [7, 11) is 0. The van der Waals surface area contributed by atoms with Crippen LogP contribution in [0.25, 0.3) is 0 Å². The summed E-state index contributed by atoms with van der Waals surface area (Å²) in [5.74, 6) is 0.427. The lowest BCUT2D eigenvalue weighted by molar-refractivity contribution is -0.120. The minimum absolute atomic E-state index is 0.0568. The van der Waals surface area contributed by atoms with Crippen molar-refractivity contribution in [2.75, 3.05) is 0 Å². The topological polar surface area (TPSA) is 60.2 Å². The van der Waals surface area contributed by atoms with E-state index in [4.69, 9.17) is 17.3 Å². The lowest BCUT2D eigenvalue weighted by atomic mass is 9.93. The maximum absolute atomic E-state index is 12.0. The van der Waals surface area contributed by atoms with Crippen molar-refractivity contribution in [1.29, 1.82) is 0 Å². The van der Waals surface area contributed by atoms with Gasteiger partial charge in [0, 0.05) is 17.9 Å². The molecule has 0 aliphatic heterocycles. The maximum atomic E-state index is 12.0. The molecule has 3 nitrogen and oxygen atoms in total. The van der Waals surface area contributed by atoms with E-state index in [1.807, 2.05) is 18.2 Å². The van der Waals surface area contributed by atoms with Gasteiger partial charge >= 0.3 is 0 Å². The van der Waals surface area contributed by atoms with Crippen LogP contribution in [0.2, 0.25) is 5.02 Å². The number of rotatable bonds is 6. The average molecular weight is 294 g/mol. The van der Waals surface area contributed by atoms with Gasteiger partial charge in [-0.25, -0.2) is 0 Å². The number of halogens is 1. The molecule has 0 bridgehead atoms. The van der Waals surface area contributed by atoms with Crippen molar-refractivity contribution in [2.24, 2.45) is 5.73 Å². The molecular weight excluding hydrogens is 274 g/mol. The van der Waals surface area contributed by atoms with Crippen LogP contribution >= 0.6 is 11.6 Å². The van der Waals surface area contributed by atoms with E-state index in [1.165, 1.54) is 18.1 Å². The molecule has 1 aliphatic carbocycles. The van der Waals surface area contributed by atoms with Crippen molar-refractivity contribution in [2.45, 2.75) is 51.0 Å². The van der Waals surface area contributed by atoms with Gasteiger partial charge in [-0.2, -0.15) is 0 Å². The highest BCUT2D eigenvalue weighted by molar-refractivity contribution is 6.30. The molecule has 4 heteroatoms. The molecule has 2 N–H and O–H groups in total. The molecule has 0 saturated heterocycles. The first-order valence-electron chi connectivity index (χ1n) is 7.03. The van der Waals surface area contributed by atoms with Crippen molar-refractivity contribution in [3.05, 3.63) is 34.3 Å². The molecule has 0 aromatic heterocycles. The molecule has 1 aliphatic rings. The first-order valence-corrected chi connectivity index (χ1v) is 7.41. The third-order valence-electron chi connectivity index (χ3n) is 4.04. The smallest absolute Gasteiger partial charge is 0.146 e. The molecule has 0 saturated carbocycles. The van der Waals surface area contributed by atoms with Crippen LogP contribution in [0.5, 0.6) is 0 Å². The highest BCUT2D eigenvalue weighted by Crippen LogP contribution is 2.37. The zero-order chi connectivity index (χ0) is 14.7. The van der Waals surface area contributed by atoms with Gasteiger partial charge in [-0.1, -0.05) is 17.7 Å². The third kappa shape index (κ3) is 3.68. The molecule has 2 rings (SSSR count).